The number of benzene rings is 2. The number of aromatic nitrogens is 3. The second-order valence-electron chi connectivity index (χ2n) is 7.90. The van der Waals surface area contributed by atoms with E-state index >= 15 is 0 Å². The average molecular weight is 533 g/mol. The van der Waals surface area contributed by atoms with E-state index in [-0.39, 0.29) is 12.6 Å². The predicted octanol–water partition coefficient (Wildman–Crippen LogP) is 6.52. The van der Waals surface area contributed by atoms with Crippen LogP contribution in [0.2, 0.25) is 10.0 Å². The Hall–Kier alpha value is -2.68. The molecule has 1 aliphatic rings. The van der Waals surface area contributed by atoms with Gasteiger partial charge in [0.05, 0.1) is 22.2 Å². The highest BCUT2D eigenvalue weighted by molar-refractivity contribution is 7.99. The first kappa shape index (κ1) is 25.4. The molecule has 2 aromatic carbocycles. The summed E-state index contributed by atoms with van der Waals surface area (Å²) in [7, 11) is 0. The van der Waals surface area contributed by atoms with E-state index in [9.17, 15) is 4.79 Å². The van der Waals surface area contributed by atoms with Gasteiger partial charge in [-0.3, -0.25) is 0 Å². The number of fused-ring (bicyclic) bond motifs is 1. The highest BCUT2D eigenvalue weighted by Crippen LogP contribution is 2.37. The molecule has 35 heavy (non-hydrogen) atoms. The summed E-state index contributed by atoms with van der Waals surface area (Å²) in [4.78, 5) is 17.5. The number of allylic oxidation sites excluding steroid dienone is 1. The van der Waals surface area contributed by atoms with Gasteiger partial charge in [0.15, 0.2) is 0 Å². The number of thioether (sulfide) groups is 1. The number of hydrogen-bond donors (Lipinski definition) is 1. The summed E-state index contributed by atoms with van der Waals surface area (Å²) in [5, 5.41) is 9.57. The molecule has 4 rings (SSSR count). The van der Waals surface area contributed by atoms with Crippen molar-refractivity contribution in [3.63, 3.8) is 0 Å². The number of rotatable bonds is 9. The SMILES string of the molecule is CCCSc1nc2n(n1)C(c1ccc(OCc3ccc(Cl)c(Cl)c3)cc1)C(C(=O)OCC)=C(C)N2. The zero-order valence-electron chi connectivity index (χ0n) is 19.7. The lowest BCUT2D eigenvalue weighted by Crippen LogP contribution is -2.29. The van der Waals surface area contributed by atoms with Crippen LogP contribution in [0, 0.1) is 0 Å². The van der Waals surface area contributed by atoms with Gasteiger partial charge in [-0.05, 0) is 55.7 Å². The first-order valence-electron chi connectivity index (χ1n) is 11.3. The molecule has 2 heterocycles. The van der Waals surface area contributed by atoms with E-state index in [1.54, 1.807) is 35.5 Å². The van der Waals surface area contributed by atoms with Crippen LogP contribution >= 0.6 is 35.0 Å². The maximum absolute atomic E-state index is 12.9. The molecule has 0 bridgehead atoms. The fraction of sp³-hybridized carbons (Fsp3) is 0.320. The maximum Gasteiger partial charge on any atom is 0.338 e. The normalized spacial score (nSPS) is 14.9. The molecule has 0 saturated heterocycles. The van der Waals surface area contributed by atoms with Crippen LogP contribution in [0.3, 0.4) is 0 Å². The van der Waals surface area contributed by atoms with Gasteiger partial charge in [0.1, 0.15) is 18.4 Å². The number of carbonyl (C=O) groups excluding carboxylic acids is 1. The number of hydrogen-bond acceptors (Lipinski definition) is 7. The summed E-state index contributed by atoms with van der Waals surface area (Å²) in [6, 6.07) is 12.5. The van der Waals surface area contributed by atoms with E-state index in [1.807, 2.05) is 37.3 Å². The standard InChI is InChI=1S/C25H26Cl2N4O3S/c1-4-12-35-25-29-24-28-15(3)21(23(32)33-5-2)22(31(24)30-25)17-7-9-18(10-8-17)34-14-16-6-11-19(26)20(27)13-16/h6-11,13,22H,4-5,12,14H2,1-3H3,(H,28,29,30). The molecule has 3 aromatic rings. The summed E-state index contributed by atoms with van der Waals surface area (Å²) in [5.74, 6) is 1.81. The first-order chi connectivity index (χ1) is 16.9. The lowest BCUT2D eigenvalue weighted by atomic mass is 9.96. The minimum Gasteiger partial charge on any atom is -0.489 e. The summed E-state index contributed by atoms with van der Waals surface area (Å²) in [6.45, 7) is 6.39. The zero-order chi connectivity index (χ0) is 24.9. The van der Waals surface area contributed by atoms with E-state index in [4.69, 9.17) is 37.8 Å². The van der Waals surface area contributed by atoms with Crippen LogP contribution in [-0.4, -0.2) is 33.1 Å². The van der Waals surface area contributed by atoms with Crippen molar-refractivity contribution < 1.29 is 14.3 Å². The van der Waals surface area contributed by atoms with Crippen LogP contribution in [0.5, 0.6) is 5.75 Å². The van der Waals surface area contributed by atoms with Crippen molar-refractivity contribution in [3.8, 4) is 5.75 Å². The highest BCUT2D eigenvalue weighted by atomic mass is 35.5. The van der Waals surface area contributed by atoms with Gasteiger partial charge in [0.2, 0.25) is 11.1 Å². The average Bonchev–Trinajstić information content (AvgIpc) is 3.25. The van der Waals surface area contributed by atoms with E-state index in [2.05, 4.69) is 17.2 Å². The minimum absolute atomic E-state index is 0.283. The summed E-state index contributed by atoms with van der Waals surface area (Å²) >= 11 is 13.7. The molecule has 1 unspecified atom stereocenters. The lowest BCUT2D eigenvalue weighted by Gasteiger charge is -2.28. The molecule has 0 spiro atoms. The van der Waals surface area contributed by atoms with Crippen molar-refractivity contribution in [2.45, 2.75) is 45.0 Å². The second-order valence-corrected chi connectivity index (χ2v) is 9.78. The van der Waals surface area contributed by atoms with Crippen molar-refractivity contribution in [1.29, 1.82) is 0 Å². The van der Waals surface area contributed by atoms with Crippen molar-refractivity contribution in [2.75, 3.05) is 17.7 Å². The minimum atomic E-state index is -0.474. The number of nitrogens with zero attached hydrogens (tertiary/aromatic N) is 3. The fourth-order valence-electron chi connectivity index (χ4n) is 3.71. The van der Waals surface area contributed by atoms with Crippen LogP contribution in [0.15, 0.2) is 58.9 Å². The number of halogens is 2. The van der Waals surface area contributed by atoms with Crippen molar-refractivity contribution in [3.05, 3.63) is 74.9 Å². The maximum atomic E-state index is 12.9. The summed E-state index contributed by atoms with van der Waals surface area (Å²) in [5.41, 5.74) is 2.98. The van der Waals surface area contributed by atoms with Gasteiger partial charge in [0, 0.05) is 11.4 Å². The number of carbonyl (C=O) groups is 1. The lowest BCUT2D eigenvalue weighted by molar-refractivity contribution is -0.139. The van der Waals surface area contributed by atoms with Crippen LogP contribution in [0.25, 0.3) is 0 Å². The van der Waals surface area contributed by atoms with Crippen LogP contribution in [-0.2, 0) is 16.1 Å². The molecular weight excluding hydrogens is 507 g/mol. The molecule has 1 aromatic heterocycles. The Balaban J connectivity index is 1.61. The van der Waals surface area contributed by atoms with E-state index < -0.39 is 6.04 Å². The molecule has 0 amide bonds. The summed E-state index contributed by atoms with van der Waals surface area (Å²) in [6.07, 6.45) is 1.01. The quantitative estimate of drug-likeness (QED) is 0.248. The highest BCUT2D eigenvalue weighted by Gasteiger charge is 2.35. The zero-order valence-corrected chi connectivity index (χ0v) is 22.0. The third kappa shape index (κ3) is 5.77. The molecule has 1 N–H and O–H groups in total. The Kier molecular flexibility index (Phi) is 8.26. The topological polar surface area (TPSA) is 78.3 Å². The molecule has 1 atom stereocenters. The Morgan fingerprint density at radius 3 is 2.60 bits per heavy atom. The largest absolute Gasteiger partial charge is 0.489 e. The molecule has 7 nitrogen and oxygen atoms in total. The van der Waals surface area contributed by atoms with Crippen LogP contribution < -0.4 is 10.1 Å². The van der Waals surface area contributed by atoms with Gasteiger partial charge in [-0.1, -0.05) is 60.1 Å². The van der Waals surface area contributed by atoms with Gasteiger partial charge < -0.3 is 14.8 Å². The number of ether oxygens (including phenoxy) is 2. The number of esters is 1. The Labute approximate surface area is 218 Å². The number of anilines is 1. The van der Waals surface area contributed by atoms with Gasteiger partial charge in [-0.25, -0.2) is 9.48 Å². The number of nitrogens with one attached hydrogen (secondary N) is 1. The van der Waals surface area contributed by atoms with Crippen molar-refractivity contribution >= 4 is 46.9 Å². The Morgan fingerprint density at radius 1 is 1.14 bits per heavy atom. The molecule has 1 aliphatic heterocycles. The van der Waals surface area contributed by atoms with Gasteiger partial charge >= 0.3 is 5.97 Å². The Morgan fingerprint density at radius 2 is 1.91 bits per heavy atom. The van der Waals surface area contributed by atoms with Gasteiger partial charge in [-0.15, -0.1) is 5.10 Å². The van der Waals surface area contributed by atoms with Gasteiger partial charge in [-0.2, -0.15) is 4.98 Å². The summed E-state index contributed by atoms with van der Waals surface area (Å²) < 4.78 is 13.0. The molecule has 0 radical (unpaired) electrons. The third-order valence-corrected chi connectivity index (χ3v) is 7.13. The molecule has 0 fully saturated rings. The van der Waals surface area contributed by atoms with Gasteiger partial charge in [0.25, 0.3) is 0 Å². The van der Waals surface area contributed by atoms with Crippen molar-refractivity contribution in [1.82, 2.24) is 14.8 Å². The monoisotopic (exact) mass is 532 g/mol. The van der Waals surface area contributed by atoms with Crippen LogP contribution in [0.4, 0.5) is 5.95 Å². The molecule has 0 aliphatic carbocycles. The van der Waals surface area contributed by atoms with E-state index in [0.717, 1.165) is 23.3 Å². The Bertz CT molecular complexity index is 1240. The molecule has 0 saturated carbocycles. The van der Waals surface area contributed by atoms with E-state index in [0.29, 0.717) is 44.8 Å². The fourth-order valence-corrected chi connectivity index (χ4v) is 4.71. The molecular formula is C25H26Cl2N4O3S. The van der Waals surface area contributed by atoms with Crippen LogP contribution in [0.1, 0.15) is 44.4 Å². The molecule has 10 heteroatoms. The third-order valence-electron chi connectivity index (χ3n) is 5.35. The smallest absolute Gasteiger partial charge is 0.338 e. The van der Waals surface area contributed by atoms with Crippen molar-refractivity contribution in [2.24, 2.45) is 0 Å². The van der Waals surface area contributed by atoms with E-state index in [1.165, 1.54) is 0 Å². The predicted molar refractivity (Wildman–Crippen MR) is 139 cm³/mol. The first-order valence-corrected chi connectivity index (χ1v) is 13.1. The molecule has 184 valence electrons. The second kappa shape index (κ2) is 11.4.